The Labute approximate surface area is 118 Å². The average molecular weight is 304 g/mol. The number of anilines is 1. The summed E-state index contributed by atoms with van der Waals surface area (Å²) in [6.07, 6.45) is -4.23. The van der Waals surface area contributed by atoms with Crippen molar-refractivity contribution in [1.82, 2.24) is 0 Å². The Morgan fingerprint density at radius 1 is 1.33 bits per heavy atom. The van der Waals surface area contributed by atoms with Crippen molar-refractivity contribution in [2.24, 2.45) is 5.73 Å². The molecule has 0 aliphatic rings. The van der Waals surface area contributed by atoms with Gasteiger partial charge in [-0.05, 0) is 24.6 Å². The molecule has 1 atom stereocenters. The molecule has 1 aromatic rings. The van der Waals surface area contributed by atoms with Gasteiger partial charge in [0.2, 0.25) is 5.91 Å². The summed E-state index contributed by atoms with van der Waals surface area (Å²) in [6.45, 7) is 1.77. The molecule has 0 saturated carbocycles. The summed E-state index contributed by atoms with van der Waals surface area (Å²) < 4.78 is 38.1. The van der Waals surface area contributed by atoms with Crippen molar-refractivity contribution in [3.05, 3.63) is 29.3 Å². The SMILES string of the molecule is CCC(N)CC(=O)Nc1cc(C(=O)O)cc(C(F)(F)F)c1. The van der Waals surface area contributed by atoms with Gasteiger partial charge >= 0.3 is 12.1 Å². The third kappa shape index (κ3) is 5.07. The van der Waals surface area contributed by atoms with E-state index in [1.807, 2.05) is 0 Å². The summed E-state index contributed by atoms with van der Waals surface area (Å²) in [7, 11) is 0. The summed E-state index contributed by atoms with van der Waals surface area (Å²) >= 11 is 0. The van der Waals surface area contributed by atoms with E-state index in [1.54, 1.807) is 6.92 Å². The predicted octanol–water partition coefficient (Wildman–Crippen LogP) is 2.47. The molecule has 116 valence electrons. The van der Waals surface area contributed by atoms with Gasteiger partial charge in [-0.15, -0.1) is 0 Å². The van der Waals surface area contributed by atoms with E-state index >= 15 is 0 Å². The number of carbonyl (C=O) groups is 2. The van der Waals surface area contributed by atoms with Crippen molar-refractivity contribution in [2.75, 3.05) is 5.32 Å². The van der Waals surface area contributed by atoms with Gasteiger partial charge in [-0.25, -0.2) is 4.79 Å². The molecule has 0 aromatic heterocycles. The molecule has 0 spiro atoms. The third-order valence-corrected chi connectivity index (χ3v) is 2.76. The highest BCUT2D eigenvalue weighted by Gasteiger charge is 2.32. The highest BCUT2D eigenvalue weighted by molar-refractivity contribution is 5.94. The molecule has 4 N–H and O–H groups in total. The number of nitrogens with two attached hydrogens (primary N) is 1. The Morgan fingerprint density at radius 2 is 1.95 bits per heavy atom. The molecule has 0 aliphatic heterocycles. The van der Waals surface area contributed by atoms with Crippen LogP contribution in [0.4, 0.5) is 18.9 Å². The van der Waals surface area contributed by atoms with Crippen LogP contribution in [-0.4, -0.2) is 23.0 Å². The van der Waals surface area contributed by atoms with E-state index in [1.165, 1.54) is 0 Å². The van der Waals surface area contributed by atoms with E-state index in [0.717, 1.165) is 6.07 Å². The fourth-order valence-corrected chi connectivity index (χ4v) is 1.58. The fourth-order valence-electron chi connectivity index (χ4n) is 1.58. The van der Waals surface area contributed by atoms with Crippen LogP contribution in [0.1, 0.15) is 35.7 Å². The van der Waals surface area contributed by atoms with Crippen LogP contribution in [0.15, 0.2) is 18.2 Å². The van der Waals surface area contributed by atoms with Crippen molar-refractivity contribution < 1.29 is 27.9 Å². The lowest BCUT2D eigenvalue weighted by atomic mass is 10.1. The van der Waals surface area contributed by atoms with Crippen molar-refractivity contribution in [1.29, 1.82) is 0 Å². The largest absolute Gasteiger partial charge is 0.478 e. The zero-order valence-corrected chi connectivity index (χ0v) is 11.2. The van der Waals surface area contributed by atoms with Crippen LogP contribution in [0, 0.1) is 0 Å². The Morgan fingerprint density at radius 3 is 2.43 bits per heavy atom. The maximum absolute atomic E-state index is 12.7. The number of benzene rings is 1. The summed E-state index contributed by atoms with van der Waals surface area (Å²) in [5.74, 6) is -2.08. The second kappa shape index (κ2) is 6.57. The van der Waals surface area contributed by atoms with Gasteiger partial charge in [0.1, 0.15) is 0 Å². The van der Waals surface area contributed by atoms with Crippen LogP contribution in [-0.2, 0) is 11.0 Å². The van der Waals surface area contributed by atoms with Crippen molar-refractivity contribution in [2.45, 2.75) is 32.0 Å². The van der Waals surface area contributed by atoms with Crippen LogP contribution >= 0.6 is 0 Å². The van der Waals surface area contributed by atoms with Gasteiger partial charge in [0.15, 0.2) is 0 Å². The quantitative estimate of drug-likeness (QED) is 0.779. The highest BCUT2D eigenvalue weighted by Crippen LogP contribution is 2.32. The van der Waals surface area contributed by atoms with Crippen LogP contribution in [0.3, 0.4) is 0 Å². The van der Waals surface area contributed by atoms with Crippen LogP contribution < -0.4 is 11.1 Å². The first-order valence-electron chi connectivity index (χ1n) is 6.14. The number of nitrogens with one attached hydrogen (secondary N) is 1. The van der Waals surface area contributed by atoms with Gasteiger partial charge in [0.25, 0.3) is 0 Å². The molecule has 1 amide bonds. The standard InChI is InChI=1S/C13H15F3N2O3/c1-2-9(17)6-11(19)18-10-4-7(12(20)21)3-8(5-10)13(14,15)16/h3-5,9H,2,6,17H2,1H3,(H,18,19)(H,20,21). The lowest BCUT2D eigenvalue weighted by molar-refractivity contribution is -0.137. The highest BCUT2D eigenvalue weighted by atomic mass is 19.4. The van der Waals surface area contributed by atoms with Crippen LogP contribution in [0.2, 0.25) is 0 Å². The first kappa shape index (κ1) is 17.0. The minimum absolute atomic E-state index is 0.0604. The number of carboxylic acids is 1. The number of carbonyl (C=O) groups excluding carboxylic acids is 1. The van der Waals surface area contributed by atoms with Crippen LogP contribution in [0.25, 0.3) is 0 Å². The van der Waals surface area contributed by atoms with Crippen molar-refractivity contribution >= 4 is 17.6 Å². The molecule has 8 heteroatoms. The summed E-state index contributed by atoms with van der Waals surface area (Å²) in [5, 5.41) is 11.0. The molecular weight excluding hydrogens is 289 g/mol. The second-order valence-electron chi connectivity index (χ2n) is 4.52. The molecule has 0 radical (unpaired) electrons. The number of aromatic carboxylic acids is 1. The molecule has 1 unspecified atom stereocenters. The van der Waals surface area contributed by atoms with Gasteiger partial charge < -0.3 is 16.2 Å². The summed E-state index contributed by atoms with van der Waals surface area (Å²) in [6, 6.07) is 1.75. The minimum atomic E-state index is -4.70. The Hall–Kier alpha value is -2.09. The van der Waals surface area contributed by atoms with Gasteiger partial charge in [-0.1, -0.05) is 6.92 Å². The van der Waals surface area contributed by atoms with Crippen LogP contribution in [0.5, 0.6) is 0 Å². The Kier molecular flexibility index (Phi) is 5.31. The number of hydrogen-bond donors (Lipinski definition) is 3. The number of hydrogen-bond acceptors (Lipinski definition) is 3. The molecule has 0 aliphatic carbocycles. The zero-order valence-electron chi connectivity index (χ0n) is 11.2. The van der Waals surface area contributed by atoms with E-state index in [4.69, 9.17) is 10.8 Å². The monoisotopic (exact) mass is 304 g/mol. The molecule has 1 aromatic carbocycles. The topological polar surface area (TPSA) is 92.4 Å². The number of carboxylic acid groups (broad SMARTS) is 1. The lowest BCUT2D eigenvalue weighted by Gasteiger charge is -2.13. The number of halogens is 3. The lowest BCUT2D eigenvalue weighted by Crippen LogP contribution is -2.26. The smallest absolute Gasteiger partial charge is 0.416 e. The molecule has 0 bridgehead atoms. The number of alkyl halides is 3. The van der Waals surface area contributed by atoms with E-state index in [-0.39, 0.29) is 12.1 Å². The minimum Gasteiger partial charge on any atom is -0.478 e. The summed E-state index contributed by atoms with van der Waals surface area (Å²) in [4.78, 5) is 22.4. The molecule has 5 nitrogen and oxygen atoms in total. The third-order valence-electron chi connectivity index (χ3n) is 2.76. The number of amides is 1. The van der Waals surface area contributed by atoms with Gasteiger partial charge in [-0.3, -0.25) is 4.79 Å². The molecule has 0 saturated heterocycles. The normalized spacial score (nSPS) is 12.8. The van der Waals surface area contributed by atoms with E-state index in [0.29, 0.717) is 18.6 Å². The molecule has 21 heavy (non-hydrogen) atoms. The zero-order chi connectivity index (χ0) is 16.2. The van der Waals surface area contributed by atoms with Gasteiger partial charge in [-0.2, -0.15) is 13.2 Å². The molecule has 1 rings (SSSR count). The van der Waals surface area contributed by atoms with Gasteiger partial charge in [0.05, 0.1) is 11.1 Å². The maximum Gasteiger partial charge on any atom is 0.416 e. The van der Waals surface area contributed by atoms with Crippen molar-refractivity contribution in [3.8, 4) is 0 Å². The Bertz CT molecular complexity index is 544. The maximum atomic E-state index is 12.7. The molecule has 0 fully saturated rings. The first-order valence-corrected chi connectivity index (χ1v) is 6.14. The second-order valence-corrected chi connectivity index (χ2v) is 4.52. The summed E-state index contributed by atoms with van der Waals surface area (Å²) in [5.41, 5.74) is 3.65. The van der Waals surface area contributed by atoms with Crippen molar-refractivity contribution in [3.63, 3.8) is 0 Å². The predicted molar refractivity (Wildman–Crippen MR) is 69.9 cm³/mol. The molecular formula is C13H15F3N2O3. The number of rotatable bonds is 5. The first-order chi connectivity index (χ1) is 9.63. The van der Waals surface area contributed by atoms with E-state index < -0.39 is 35.2 Å². The average Bonchev–Trinajstić information content (AvgIpc) is 2.36. The van der Waals surface area contributed by atoms with Gasteiger partial charge in [0, 0.05) is 18.2 Å². The Balaban J connectivity index is 3.04. The molecule has 0 heterocycles. The van der Waals surface area contributed by atoms with E-state index in [9.17, 15) is 22.8 Å². The fraction of sp³-hybridized carbons (Fsp3) is 0.385. The van der Waals surface area contributed by atoms with E-state index in [2.05, 4.69) is 5.32 Å².